The van der Waals surface area contributed by atoms with Crippen molar-refractivity contribution in [2.24, 2.45) is 0 Å². The summed E-state index contributed by atoms with van der Waals surface area (Å²) in [4.78, 5) is 35.0. The van der Waals surface area contributed by atoms with Gasteiger partial charge in [0.15, 0.2) is 0 Å². The van der Waals surface area contributed by atoms with E-state index in [0.717, 1.165) is 72.6 Å². The van der Waals surface area contributed by atoms with Gasteiger partial charge in [0.1, 0.15) is 13.9 Å². The smallest absolute Gasteiger partial charge is 0.276 e. The first-order chi connectivity index (χ1) is 26.2. The molecule has 1 aliphatic heterocycles. The molecule has 7 nitrogen and oxygen atoms in total. The van der Waals surface area contributed by atoms with Crippen LogP contribution in [0.4, 0.5) is 17.1 Å². The predicted octanol–water partition coefficient (Wildman–Crippen LogP) is 9.01. The molecule has 1 amide bonds. The monoisotopic (exact) mass is 765 g/mol. The Morgan fingerprint density at radius 1 is 0.796 bits per heavy atom. The molecule has 7 rings (SSSR count). The summed E-state index contributed by atoms with van der Waals surface area (Å²) in [7, 11) is 0. The number of para-hydroxylation sites is 1. The minimum absolute atomic E-state index is 0.281. The summed E-state index contributed by atoms with van der Waals surface area (Å²) in [6, 6.07) is 45.6. The number of rotatable bonds is 10. The van der Waals surface area contributed by atoms with Crippen molar-refractivity contribution < 1.29 is 14.9 Å². The predicted molar refractivity (Wildman–Crippen MR) is 227 cm³/mol. The highest BCUT2D eigenvalue weighted by molar-refractivity contribution is 8.30. The highest BCUT2D eigenvalue weighted by Crippen LogP contribution is 2.36. The van der Waals surface area contributed by atoms with Crippen molar-refractivity contribution >= 4 is 91.1 Å². The summed E-state index contributed by atoms with van der Waals surface area (Å²) in [6.45, 7) is 8.00. The average molecular weight is 766 g/mol. The standard InChI is InChI=1S/C44H35N3O4S3/c1-4-45-42(49)40(54-44(45)52)43-46(30(3)51-50)41(48)39(53-43)28-32-19-25-37(26-20-32)47(35-13-9-6-10-14-35)36-23-17-31(18-24-36)27-38(33-11-7-5-8-12-33)34-21-15-29(2)16-22-34/h5-28,50H,3-4H2,1-2H3/b38-27?,39-28-,43-40+. The molecule has 0 saturated carbocycles. The Hall–Kier alpha value is -5.78. The molecule has 10 heteroatoms. The number of hydrogen-bond donors (Lipinski definition) is 1. The van der Waals surface area contributed by atoms with Crippen LogP contribution in [0.5, 0.6) is 0 Å². The number of thioether (sulfide) groups is 1. The first-order valence-electron chi connectivity index (χ1n) is 17.2. The Morgan fingerprint density at radius 2 is 1.35 bits per heavy atom. The number of thiazole rings is 1. The highest BCUT2D eigenvalue weighted by atomic mass is 32.2. The molecule has 1 N–H and O–H groups in total. The molecule has 1 saturated heterocycles. The second kappa shape index (κ2) is 16.1. The van der Waals surface area contributed by atoms with E-state index in [2.05, 4.69) is 114 Å². The lowest BCUT2D eigenvalue weighted by Crippen LogP contribution is -2.33. The summed E-state index contributed by atoms with van der Waals surface area (Å²) >= 11 is 7.61. The first kappa shape index (κ1) is 36.6. The number of thiocarbonyl (C=S) groups is 1. The molecule has 2 heterocycles. The normalized spacial score (nSPS) is 14.5. The fraction of sp³-hybridized carbons (Fsp3) is 0.0682. The summed E-state index contributed by atoms with van der Waals surface area (Å²) < 4.78 is 2.13. The topological polar surface area (TPSA) is 75.0 Å². The number of carbonyl (C=O) groups is 1. The molecule has 1 aromatic heterocycles. The van der Waals surface area contributed by atoms with E-state index < -0.39 is 5.56 Å². The Labute approximate surface area is 326 Å². The third-order valence-electron chi connectivity index (χ3n) is 8.91. The lowest BCUT2D eigenvalue weighted by molar-refractivity contribution is -0.176. The molecule has 1 fully saturated rings. The van der Waals surface area contributed by atoms with Crippen LogP contribution in [0.15, 0.2) is 145 Å². The third-order valence-corrected chi connectivity index (χ3v) is 11.6. The molecule has 5 aromatic carbocycles. The van der Waals surface area contributed by atoms with E-state index >= 15 is 0 Å². The van der Waals surface area contributed by atoms with Crippen LogP contribution >= 0.6 is 35.3 Å². The summed E-state index contributed by atoms with van der Waals surface area (Å²) in [5.74, 6) is -0.619. The molecular formula is C44H35N3O4S3. The lowest BCUT2D eigenvalue weighted by Gasteiger charge is -2.25. The maximum atomic E-state index is 13.6. The zero-order valence-electron chi connectivity index (χ0n) is 29.5. The van der Waals surface area contributed by atoms with Gasteiger partial charge in [-0.15, -0.1) is 11.3 Å². The van der Waals surface area contributed by atoms with Gasteiger partial charge in [0.2, 0.25) is 5.88 Å². The zero-order chi connectivity index (χ0) is 37.8. The highest BCUT2D eigenvalue weighted by Gasteiger charge is 2.33. The van der Waals surface area contributed by atoms with E-state index in [4.69, 9.17) is 12.2 Å². The minimum atomic E-state index is -0.474. The average Bonchev–Trinajstić information content (AvgIpc) is 3.68. The number of aryl methyl sites for hydroxylation is 1. The summed E-state index contributed by atoms with van der Waals surface area (Å²) in [5.41, 5.74) is 8.93. The molecule has 268 valence electrons. The van der Waals surface area contributed by atoms with E-state index in [1.165, 1.54) is 10.5 Å². The van der Waals surface area contributed by atoms with Gasteiger partial charge in [-0.3, -0.25) is 14.5 Å². The van der Waals surface area contributed by atoms with Crippen molar-refractivity contribution in [3.05, 3.63) is 187 Å². The van der Waals surface area contributed by atoms with Gasteiger partial charge in [-0.1, -0.05) is 127 Å². The minimum Gasteiger partial charge on any atom is -0.322 e. The van der Waals surface area contributed by atoms with Gasteiger partial charge < -0.3 is 9.79 Å². The van der Waals surface area contributed by atoms with E-state index in [1.54, 1.807) is 6.08 Å². The van der Waals surface area contributed by atoms with Crippen molar-refractivity contribution in [3.8, 4) is 0 Å². The van der Waals surface area contributed by atoms with Crippen molar-refractivity contribution in [2.75, 3.05) is 11.4 Å². The van der Waals surface area contributed by atoms with E-state index in [-0.39, 0.29) is 16.7 Å². The number of carbonyl (C=O) groups excluding carboxylic acids is 1. The quantitative estimate of drug-likeness (QED) is 0.0491. The number of hydrogen-bond acceptors (Lipinski definition) is 8. The number of aromatic nitrogens is 1. The Morgan fingerprint density at radius 3 is 1.93 bits per heavy atom. The van der Waals surface area contributed by atoms with Gasteiger partial charge in [-0.2, -0.15) is 0 Å². The molecule has 0 unspecified atom stereocenters. The van der Waals surface area contributed by atoms with Crippen LogP contribution < -0.4 is 19.7 Å². The molecular weight excluding hydrogens is 731 g/mol. The van der Waals surface area contributed by atoms with Gasteiger partial charge in [-0.25, -0.2) is 9.82 Å². The van der Waals surface area contributed by atoms with Crippen LogP contribution in [0.25, 0.3) is 28.5 Å². The molecule has 0 radical (unpaired) electrons. The number of anilines is 3. The lowest BCUT2D eigenvalue weighted by atomic mass is 9.95. The molecule has 0 aliphatic carbocycles. The van der Waals surface area contributed by atoms with Crippen LogP contribution in [0, 0.1) is 6.92 Å². The van der Waals surface area contributed by atoms with Crippen molar-refractivity contribution in [1.29, 1.82) is 0 Å². The zero-order valence-corrected chi connectivity index (χ0v) is 32.0. The van der Waals surface area contributed by atoms with Gasteiger partial charge in [0, 0.05) is 23.6 Å². The second-order valence-electron chi connectivity index (χ2n) is 12.4. The molecule has 0 bridgehead atoms. The van der Waals surface area contributed by atoms with E-state index in [9.17, 15) is 14.8 Å². The van der Waals surface area contributed by atoms with E-state index in [0.29, 0.717) is 20.1 Å². The fourth-order valence-corrected chi connectivity index (χ4v) is 8.79. The van der Waals surface area contributed by atoms with Crippen molar-refractivity contribution in [2.45, 2.75) is 13.8 Å². The van der Waals surface area contributed by atoms with Gasteiger partial charge in [-0.05, 0) is 96.8 Å². The van der Waals surface area contributed by atoms with Crippen molar-refractivity contribution in [3.63, 3.8) is 0 Å². The molecule has 1 aliphatic rings. The van der Waals surface area contributed by atoms with Crippen LogP contribution in [0.2, 0.25) is 0 Å². The SMILES string of the molecule is C=C(OO)n1c(=O)/c(=C/c2ccc(N(c3ccccc3)c3ccc(C=C(c4ccccc4)c4ccc(C)cc4)cc3)cc2)s/c1=C1/SC(=S)N(CC)C1=O. The van der Waals surface area contributed by atoms with E-state index in [1.807, 2.05) is 55.5 Å². The summed E-state index contributed by atoms with van der Waals surface area (Å²) in [6.07, 6.45) is 3.97. The van der Waals surface area contributed by atoms with Gasteiger partial charge >= 0.3 is 0 Å². The maximum Gasteiger partial charge on any atom is 0.276 e. The number of nitrogens with zero attached hydrogens (tertiary/aromatic N) is 3. The molecule has 0 spiro atoms. The third kappa shape index (κ3) is 7.50. The summed E-state index contributed by atoms with van der Waals surface area (Å²) in [5, 5.41) is 9.41. The van der Waals surface area contributed by atoms with Crippen molar-refractivity contribution in [1.82, 2.24) is 9.47 Å². The Kier molecular flexibility index (Phi) is 10.9. The van der Waals surface area contributed by atoms with Crippen LogP contribution in [-0.2, 0) is 9.68 Å². The molecule has 54 heavy (non-hydrogen) atoms. The second-order valence-corrected chi connectivity index (χ2v) is 15.1. The molecule has 0 atom stereocenters. The number of amides is 1. The van der Waals surface area contributed by atoms with Gasteiger partial charge in [0.25, 0.3) is 11.5 Å². The maximum absolute atomic E-state index is 13.6. The number of benzene rings is 5. The Balaban J connectivity index is 1.25. The molecule has 6 aromatic rings. The van der Waals surface area contributed by atoms with Crippen LogP contribution in [0.1, 0.15) is 34.7 Å². The Bertz CT molecular complexity index is 2560. The fourth-order valence-electron chi connectivity index (χ4n) is 6.17. The van der Waals surface area contributed by atoms with Gasteiger partial charge in [0.05, 0.1) is 4.53 Å². The van der Waals surface area contributed by atoms with Crippen LogP contribution in [-0.4, -0.2) is 31.5 Å². The largest absolute Gasteiger partial charge is 0.322 e. The first-order valence-corrected chi connectivity index (χ1v) is 19.2. The van der Waals surface area contributed by atoms with Crippen LogP contribution in [0.3, 0.4) is 0 Å².